The normalized spacial score (nSPS) is 14.8. The minimum Gasteiger partial charge on any atom is -0.394 e. The van der Waals surface area contributed by atoms with Gasteiger partial charge in [0.05, 0.1) is 25.4 Å². The van der Waals surface area contributed by atoms with Gasteiger partial charge in [0.1, 0.15) is 0 Å². The number of allylic oxidation sites excluding steroid dienone is 2. The number of aliphatic hydroxyl groups is 4. The van der Waals surface area contributed by atoms with Crippen LogP contribution < -0.4 is 0 Å². The molecule has 2 unspecified atom stereocenters. The van der Waals surface area contributed by atoms with E-state index in [2.05, 4.69) is 19.1 Å². The van der Waals surface area contributed by atoms with Gasteiger partial charge in [0.15, 0.2) is 0 Å². The summed E-state index contributed by atoms with van der Waals surface area (Å²) in [7, 11) is 0. The molecule has 0 aromatic rings. The SMILES string of the molecule is CCCCCC/C=C/CCCN(CC(O)CO)CC(O)CO. The van der Waals surface area contributed by atoms with E-state index in [0.29, 0.717) is 13.1 Å². The van der Waals surface area contributed by atoms with E-state index in [1.807, 2.05) is 4.90 Å². The second-order valence-electron chi connectivity index (χ2n) is 5.90. The van der Waals surface area contributed by atoms with Crippen LogP contribution in [0.1, 0.15) is 51.9 Å². The first-order valence-corrected chi connectivity index (χ1v) is 8.59. The summed E-state index contributed by atoms with van der Waals surface area (Å²) < 4.78 is 0. The first-order chi connectivity index (χ1) is 10.6. The Balaban J connectivity index is 3.84. The van der Waals surface area contributed by atoms with E-state index in [0.717, 1.165) is 25.8 Å². The molecule has 5 heteroatoms. The Labute approximate surface area is 135 Å². The van der Waals surface area contributed by atoms with Crippen molar-refractivity contribution in [3.63, 3.8) is 0 Å². The Morgan fingerprint density at radius 3 is 1.86 bits per heavy atom. The molecule has 0 saturated carbocycles. The van der Waals surface area contributed by atoms with E-state index in [1.54, 1.807) is 0 Å². The smallest absolute Gasteiger partial charge is 0.0897 e. The van der Waals surface area contributed by atoms with Crippen molar-refractivity contribution in [2.45, 2.75) is 64.1 Å². The molecule has 2 atom stereocenters. The van der Waals surface area contributed by atoms with Crippen molar-refractivity contribution >= 4 is 0 Å². The summed E-state index contributed by atoms with van der Waals surface area (Å²) >= 11 is 0. The molecule has 0 bridgehead atoms. The number of aliphatic hydroxyl groups excluding tert-OH is 4. The van der Waals surface area contributed by atoms with Crippen molar-refractivity contribution in [1.82, 2.24) is 4.90 Å². The summed E-state index contributed by atoms with van der Waals surface area (Å²) in [6.45, 7) is 2.99. The van der Waals surface area contributed by atoms with Gasteiger partial charge in [-0.3, -0.25) is 4.90 Å². The largest absolute Gasteiger partial charge is 0.394 e. The second kappa shape index (κ2) is 15.4. The van der Waals surface area contributed by atoms with E-state index in [-0.39, 0.29) is 13.2 Å². The Hall–Kier alpha value is -0.460. The lowest BCUT2D eigenvalue weighted by Gasteiger charge is -2.25. The number of hydrogen-bond acceptors (Lipinski definition) is 5. The maximum atomic E-state index is 9.51. The Kier molecular flexibility index (Phi) is 15.1. The van der Waals surface area contributed by atoms with Gasteiger partial charge in [-0.2, -0.15) is 0 Å². The van der Waals surface area contributed by atoms with Crippen molar-refractivity contribution < 1.29 is 20.4 Å². The van der Waals surface area contributed by atoms with Crippen LogP contribution in [0, 0.1) is 0 Å². The fourth-order valence-electron chi connectivity index (χ4n) is 2.33. The lowest BCUT2D eigenvalue weighted by atomic mass is 10.1. The standard InChI is InChI=1S/C17H35NO4/c1-2-3-4-5-6-7-8-9-10-11-18(12-16(21)14-19)13-17(22)15-20/h7-8,16-17,19-22H,2-6,9-15H2,1H3/b8-7+. The van der Waals surface area contributed by atoms with Crippen LogP contribution in [-0.4, -0.2) is 70.4 Å². The fourth-order valence-corrected chi connectivity index (χ4v) is 2.33. The lowest BCUT2D eigenvalue weighted by molar-refractivity contribution is 0.0231. The summed E-state index contributed by atoms with van der Waals surface area (Å²) in [6, 6.07) is 0. The van der Waals surface area contributed by atoms with Gasteiger partial charge in [-0.25, -0.2) is 0 Å². The molecule has 0 radical (unpaired) electrons. The monoisotopic (exact) mass is 317 g/mol. The molecule has 0 amide bonds. The summed E-state index contributed by atoms with van der Waals surface area (Å²) in [5.74, 6) is 0. The van der Waals surface area contributed by atoms with Crippen molar-refractivity contribution in [3.8, 4) is 0 Å². The van der Waals surface area contributed by atoms with Gasteiger partial charge < -0.3 is 20.4 Å². The van der Waals surface area contributed by atoms with Crippen molar-refractivity contribution in [3.05, 3.63) is 12.2 Å². The zero-order valence-electron chi connectivity index (χ0n) is 14.0. The highest BCUT2D eigenvalue weighted by molar-refractivity contribution is 4.82. The quantitative estimate of drug-likeness (QED) is 0.270. The van der Waals surface area contributed by atoms with E-state index < -0.39 is 12.2 Å². The van der Waals surface area contributed by atoms with Gasteiger partial charge in [-0.05, 0) is 32.2 Å². The predicted octanol–water partition coefficient (Wildman–Crippen LogP) is 1.30. The molecular formula is C17H35NO4. The maximum Gasteiger partial charge on any atom is 0.0897 e. The van der Waals surface area contributed by atoms with Gasteiger partial charge in [0.2, 0.25) is 0 Å². The zero-order chi connectivity index (χ0) is 16.6. The molecule has 0 heterocycles. The topological polar surface area (TPSA) is 84.2 Å². The second-order valence-corrected chi connectivity index (χ2v) is 5.90. The molecule has 22 heavy (non-hydrogen) atoms. The minimum atomic E-state index is -0.806. The Morgan fingerprint density at radius 2 is 1.36 bits per heavy atom. The third-order valence-electron chi connectivity index (χ3n) is 3.60. The lowest BCUT2D eigenvalue weighted by Crippen LogP contribution is -2.40. The number of unbranched alkanes of at least 4 members (excludes halogenated alkanes) is 5. The third-order valence-corrected chi connectivity index (χ3v) is 3.60. The molecule has 0 aliphatic carbocycles. The van der Waals surface area contributed by atoms with E-state index in [4.69, 9.17) is 10.2 Å². The molecule has 0 fully saturated rings. The van der Waals surface area contributed by atoms with Crippen LogP contribution >= 0.6 is 0 Å². The molecular weight excluding hydrogens is 282 g/mol. The Morgan fingerprint density at radius 1 is 0.818 bits per heavy atom. The molecule has 0 aliphatic rings. The fraction of sp³-hybridized carbons (Fsp3) is 0.882. The minimum absolute atomic E-state index is 0.288. The number of hydrogen-bond donors (Lipinski definition) is 4. The first kappa shape index (κ1) is 21.5. The summed E-state index contributed by atoms with van der Waals surface area (Å²) in [5.41, 5.74) is 0. The molecule has 132 valence electrons. The molecule has 0 aliphatic heterocycles. The molecule has 5 nitrogen and oxygen atoms in total. The van der Waals surface area contributed by atoms with Gasteiger partial charge in [0.25, 0.3) is 0 Å². The van der Waals surface area contributed by atoms with Crippen LogP contribution in [0.5, 0.6) is 0 Å². The van der Waals surface area contributed by atoms with E-state index in [1.165, 1.54) is 25.7 Å². The number of rotatable bonds is 15. The molecule has 4 N–H and O–H groups in total. The van der Waals surface area contributed by atoms with Crippen molar-refractivity contribution in [2.24, 2.45) is 0 Å². The van der Waals surface area contributed by atoms with Crippen molar-refractivity contribution in [2.75, 3.05) is 32.8 Å². The zero-order valence-corrected chi connectivity index (χ0v) is 14.0. The first-order valence-electron chi connectivity index (χ1n) is 8.59. The van der Waals surface area contributed by atoms with Gasteiger partial charge in [-0.15, -0.1) is 0 Å². The van der Waals surface area contributed by atoms with Gasteiger partial charge in [0, 0.05) is 13.1 Å². The molecule has 0 aromatic heterocycles. The molecule has 0 rings (SSSR count). The highest BCUT2D eigenvalue weighted by Gasteiger charge is 2.14. The highest BCUT2D eigenvalue weighted by Crippen LogP contribution is 2.05. The summed E-state index contributed by atoms with van der Waals surface area (Å²) in [6.07, 6.45) is 11.0. The van der Waals surface area contributed by atoms with Crippen LogP contribution in [-0.2, 0) is 0 Å². The maximum absolute atomic E-state index is 9.51. The average molecular weight is 317 g/mol. The van der Waals surface area contributed by atoms with E-state index in [9.17, 15) is 10.2 Å². The molecule has 0 aromatic carbocycles. The van der Waals surface area contributed by atoms with E-state index >= 15 is 0 Å². The van der Waals surface area contributed by atoms with Crippen molar-refractivity contribution in [1.29, 1.82) is 0 Å². The van der Waals surface area contributed by atoms with Crippen LogP contribution in [0.4, 0.5) is 0 Å². The van der Waals surface area contributed by atoms with Crippen LogP contribution in [0.25, 0.3) is 0 Å². The van der Waals surface area contributed by atoms with Crippen LogP contribution in [0.2, 0.25) is 0 Å². The summed E-state index contributed by atoms with van der Waals surface area (Å²) in [5, 5.41) is 36.8. The number of nitrogens with zero attached hydrogens (tertiary/aromatic N) is 1. The predicted molar refractivity (Wildman–Crippen MR) is 89.8 cm³/mol. The molecule has 0 spiro atoms. The summed E-state index contributed by atoms with van der Waals surface area (Å²) in [4.78, 5) is 1.89. The third kappa shape index (κ3) is 13.2. The Bertz CT molecular complexity index is 249. The molecule has 0 saturated heterocycles. The van der Waals surface area contributed by atoms with Gasteiger partial charge in [-0.1, -0.05) is 38.3 Å². The average Bonchev–Trinajstić information content (AvgIpc) is 2.52. The van der Waals surface area contributed by atoms with Crippen LogP contribution in [0.15, 0.2) is 12.2 Å². The highest BCUT2D eigenvalue weighted by atomic mass is 16.3. The van der Waals surface area contributed by atoms with Crippen LogP contribution in [0.3, 0.4) is 0 Å². The van der Waals surface area contributed by atoms with Gasteiger partial charge >= 0.3 is 0 Å².